The number of carbonyl (C=O) groups excluding carboxylic acids is 1. The van der Waals surface area contributed by atoms with Gasteiger partial charge in [0.05, 0.1) is 4.90 Å². The van der Waals surface area contributed by atoms with Crippen molar-refractivity contribution in [2.45, 2.75) is 18.0 Å². The van der Waals surface area contributed by atoms with Crippen molar-refractivity contribution in [3.8, 4) is 0 Å². The van der Waals surface area contributed by atoms with Gasteiger partial charge in [0.15, 0.2) is 12.4 Å². The summed E-state index contributed by atoms with van der Waals surface area (Å²) in [6, 6.07) is 4.86. The number of alkyl halides is 3. The summed E-state index contributed by atoms with van der Waals surface area (Å²) in [6.45, 7) is -0.516. The van der Waals surface area contributed by atoms with Crippen LogP contribution in [0.3, 0.4) is 0 Å². The molecule has 1 aromatic rings. The van der Waals surface area contributed by atoms with Gasteiger partial charge in [0.25, 0.3) is 10.0 Å². The second-order valence-electron chi connectivity index (χ2n) is 3.57. The third-order valence-corrected chi connectivity index (χ3v) is 3.17. The summed E-state index contributed by atoms with van der Waals surface area (Å²) in [5.74, 6) is -0.367. The van der Waals surface area contributed by atoms with Crippen LogP contribution in [-0.2, 0) is 14.9 Å². The molecule has 19 heavy (non-hydrogen) atoms. The van der Waals surface area contributed by atoms with Gasteiger partial charge in [-0.05, 0) is 19.1 Å². The fourth-order valence-corrected chi connectivity index (χ4v) is 1.97. The van der Waals surface area contributed by atoms with Gasteiger partial charge in [-0.25, -0.2) is 8.42 Å². The Kier molecular flexibility index (Phi) is 4.66. The van der Waals surface area contributed by atoms with E-state index >= 15 is 0 Å². The van der Waals surface area contributed by atoms with Crippen LogP contribution >= 0.6 is 0 Å². The van der Waals surface area contributed by atoms with E-state index in [2.05, 4.69) is 4.84 Å². The van der Waals surface area contributed by atoms with E-state index in [1.807, 2.05) is 0 Å². The Bertz CT molecular complexity index is 568. The molecule has 9 heteroatoms. The van der Waals surface area contributed by atoms with Crippen molar-refractivity contribution in [2.24, 2.45) is 0 Å². The topological polar surface area (TPSA) is 72.5 Å². The Morgan fingerprint density at radius 2 is 2.00 bits per heavy atom. The van der Waals surface area contributed by atoms with Crippen LogP contribution in [-0.4, -0.2) is 27.0 Å². The van der Waals surface area contributed by atoms with Crippen molar-refractivity contribution >= 4 is 15.8 Å². The van der Waals surface area contributed by atoms with E-state index in [1.54, 1.807) is 0 Å². The van der Waals surface area contributed by atoms with Crippen molar-refractivity contribution in [3.63, 3.8) is 0 Å². The molecule has 106 valence electrons. The second kappa shape index (κ2) is 5.68. The monoisotopic (exact) mass is 297 g/mol. The van der Waals surface area contributed by atoms with Crippen molar-refractivity contribution in [2.75, 3.05) is 6.61 Å². The fraction of sp³-hybridized carbons (Fsp3) is 0.300. The van der Waals surface area contributed by atoms with Crippen molar-refractivity contribution < 1.29 is 31.2 Å². The molecule has 0 amide bonds. The van der Waals surface area contributed by atoms with Crippen LogP contribution in [0.2, 0.25) is 0 Å². The maximum Gasteiger partial charge on any atom is 0.413 e. The highest BCUT2D eigenvalue weighted by atomic mass is 32.2. The minimum absolute atomic E-state index is 0.124. The van der Waals surface area contributed by atoms with E-state index < -0.39 is 22.8 Å². The van der Waals surface area contributed by atoms with Crippen LogP contribution in [0.4, 0.5) is 13.2 Å². The standard InChI is InChI=1S/C10H10F3NO4S/c1-7(15)8-3-2-4-9(5-8)19(16,17)14-18-6-10(11,12)13/h2-5,14H,6H2,1H3. The maximum atomic E-state index is 11.8. The average molecular weight is 297 g/mol. The maximum absolute atomic E-state index is 11.8. The van der Waals surface area contributed by atoms with Gasteiger partial charge >= 0.3 is 6.18 Å². The molecule has 0 unspecified atom stereocenters. The number of hydrogen-bond donors (Lipinski definition) is 1. The number of sulfonamides is 1. The lowest BCUT2D eigenvalue weighted by molar-refractivity contribution is -0.181. The number of carbonyl (C=O) groups is 1. The molecule has 0 atom stereocenters. The minimum Gasteiger partial charge on any atom is -0.295 e. The first-order valence-electron chi connectivity index (χ1n) is 4.93. The van der Waals surface area contributed by atoms with E-state index in [1.165, 1.54) is 23.9 Å². The first-order valence-corrected chi connectivity index (χ1v) is 6.41. The molecule has 1 aromatic carbocycles. The normalized spacial score (nSPS) is 12.4. The summed E-state index contributed by atoms with van der Waals surface area (Å²) < 4.78 is 58.6. The zero-order chi connectivity index (χ0) is 14.7. The van der Waals surface area contributed by atoms with Gasteiger partial charge in [-0.2, -0.15) is 13.2 Å². The zero-order valence-electron chi connectivity index (χ0n) is 9.69. The molecule has 1 rings (SSSR count). The number of nitrogens with one attached hydrogen (secondary N) is 1. The molecule has 0 aliphatic heterocycles. The van der Waals surface area contributed by atoms with E-state index in [0.29, 0.717) is 0 Å². The van der Waals surface area contributed by atoms with Crippen LogP contribution in [0, 0.1) is 0 Å². The van der Waals surface area contributed by atoms with Crippen LogP contribution in [0.25, 0.3) is 0 Å². The van der Waals surface area contributed by atoms with Crippen LogP contribution in [0.5, 0.6) is 0 Å². The molecule has 0 spiro atoms. The first-order chi connectivity index (χ1) is 8.62. The van der Waals surface area contributed by atoms with Gasteiger partial charge < -0.3 is 0 Å². The van der Waals surface area contributed by atoms with Crippen molar-refractivity contribution in [1.82, 2.24) is 4.89 Å². The first kappa shape index (κ1) is 15.6. The van der Waals surface area contributed by atoms with Crippen LogP contribution < -0.4 is 4.89 Å². The number of Topliss-reactive ketones (excluding diaryl/α,β-unsaturated/α-hetero) is 1. The average Bonchev–Trinajstić information content (AvgIpc) is 2.27. The van der Waals surface area contributed by atoms with E-state index in [0.717, 1.165) is 12.1 Å². The Balaban J connectivity index is 2.83. The van der Waals surface area contributed by atoms with Crippen molar-refractivity contribution in [1.29, 1.82) is 0 Å². The molecule has 5 nitrogen and oxygen atoms in total. The molecular formula is C10H10F3NO4S. The zero-order valence-corrected chi connectivity index (χ0v) is 10.5. The van der Waals surface area contributed by atoms with E-state index in [4.69, 9.17) is 0 Å². The molecule has 0 heterocycles. The highest BCUT2D eigenvalue weighted by molar-refractivity contribution is 7.89. The Morgan fingerprint density at radius 1 is 1.37 bits per heavy atom. The Hall–Kier alpha value is -1.45. The summed E-state index contributed by atoms with van der Waals surface area (Å²) >= 11 is 0. The number of hydrogen-bond acceptors (Lipinski definition) is 4. The summed E-state index contributed by atoms with van der Waals surface area (Å²) in [5.41, 5.74) is 0.124. The summed E-state index contributed by atoms with van der Waals surface area (Å²) in [6.07, 6.45) is -4.65. The molecule has 0 saturated carbocycles. The fourth-order valence-electron chi connectivity index (χ4n) is 1.12. The Labute approximate surface area is 107 Å². The number of rotatable bonds is 5. The largest absolute Gasteiger partial charge is 0.413 e. The SMILES string of the molecule is CC(=O)c1cccc(S(=O)(=O)NOCC(F)(F)F)c1. The van der Waals surface area contributed by atoms with Gasteiger partial charge in [0.1, 0.15) is 0 Å². The molecule has 0 aliphatic rings. The van der Waals surface area contributed by atoms with Gasteiger partial charge in [-0.3, -0.25) is 9.63 Å². The van der Waals surface area contributed by atoms with Crippen LogP contribution in [0.15, 0.2) is 29.2 Å². The highest BCUT2D eigenvalue weighted by Gasteiger charge is 2.29. The van der Waals surface area contributed by atoms with E-state index in [9.17, 15) is 26.4 Å². The second-order valence-corrected chi connectivity index (χ2v) is 5.22. The minimum atomic E-state index is -4.65. The number of benzene rings is 1. The molecular weight excluding hydrogens is 287 g/mol. The summed E-state index contributed by atoms with van der Waals surface area (Å²) in [7, 11) is -4.26. The molecule has 0 saturated heterocycles. The molecule has 0 bridgehead atoms. The Morgan fingerprint density at radius 3 is 2.53 bits per heavy atom. The third-order valence-electron chi connectivity index (χ3n) is 1.96. The van der Waals surface area contributed by atoms with E-state index in [-0.39, 0.29) is 16.2 Å². The van der Waals surface area contributed by atoms with Crippen LogP contribution in [0.1, 0.15) is 17.3 Å². The highest BCUT2D eigenvalue weighted by Crippen LogP contribution is 2.15. The third kappa shape index (κ3) is 4.97. The lowest BCUT2D eigenvalue weighted by atomic mass is 10.2. The molecule has 0 aromatic heterocycles. The molecule has 0 radical (unpaired) electrons. The van der Waals surface area contributed by atoms with Gasteiger partial charge in [-0.1, -0.05) is 17.0 Å². The van der Waals surface area contributed by atoms with Gasteiger partial charge in [0.2, 0.25) is 0 Å². The smallest absolute Gasteiger partial charge is 0.295 e. The van der Waals surface area contributed by atoms with Crippen molar-refractivity contribution in [3.05, 3.63) is 29.8 Å². The lowest BCUT2D eigenvalue weighted by Gasteiger charge is -2.09. The molecule has 0 aliphatic carbocycles. The molecule has 0 fully saturated rings. The predicted molar refractivity (Wildman–Crippen MR) is 58.8 cm³/mol. The van der Waals surface area contributed by atoms with Gasteiger partial charge in [-0.15, -0.1) is 0 Å². The molecule has 1 N–H and O–H groups in total. The summed E-state index contributed by atoms with van der Waals surface area (Å²) in [4.78, 5) is 15.9. The lowest BCUT2D eigenvalue weighted by Crippen LogP contribution is -2.29. The predicted octanol–water partition coefficient (Wildman–Crippen LogP) is 1.66. The quantitative estimate of drug-likeness (QED) is 0.662. The number of halogens is 3. The van der Waals surface area contributed by atoms with Gasteiger partial charge in [0, 0.05) is 5.56 Å². The number of ketones is 1. The summed E-state index contributed by atoms with van der Waals surface area (Å²) in [5, 5.41) is 0.